The largest absolute Gasteiger partial charge is 0.461 e. The monoisotopic (exact) mass is 1470 g/mol. The Bertz CT molecular complexity index is 3920. The number of hydrogen-bond acceptors (Lipinski definition) is 17. The number of tetrazole rings is 2. The number of nitrogens with two attached hydrogens (primary N) is 2. The molecule has 107 heavy (non-hydrogen) atoms. The molecule has 4 aromatic rings. The van der Waals surface area contributed by atoms with Gasteiger partial charge in [0.25, 0.3) is 11.9 Å². The number of aromatic nitrogens is 8. The Kier molecular flexibility index (Phi) is 20.5. The van der Waals surface area contributed by atoms with Gasteiger partial charge >= 0.3 is 11.9 Å². The number of likely N-dealkylation sites (N-methyl/N-ethyl adjacent to an activating group) is 1. The molecule has 586 valence electrons. The van der Waals surface area contributed by atoms with Crippen molar-refractivity contribution >= 4 is 23.8 Å². The van der Waals surface area contributed by atoms with E-state index in [-0.39, 0.29) is 114 Å². The second-order valence-corrected chi connectivity index (χ2v) is 39.6. The average Bonchev–Trinajstić information content (AvgIpc) is 0.868. The van der Waals surface area contributed by atoms with Gasteiger partial charge in [0, 0.05) is 34.3 Å². The molecule has 0 amide bonds. The molecular formula is C88H131N11O8. The number of ether oxygens (including phenoxy) is 6. The van der Waals surface area contributed by atoms with Crippen molar-refractivity contribution in [3.63, 3.8) is 0 Å². The van der Waals surface area contributed by atoms with Crippen LogP contribution in [0.2, 0.25) is 0 Å². The fourth-order valence-electron chi connectivity index (χ4n) is 27.4. The minimum atomic E-state index is -0.275. The van der Waals surface area contributed by atoms with Gasteiger partial charge in [0.1, 0.15) is 25.3 Å². The number of carbonyl (C=O) groups excluding carboxylic acids is 2. The number of fused-ring (bicyclic) bond motifs is 6. The smallest absolute Gasteiger partial charge is 0.310 e. The summed E-state index contributed by atoms with van der Waals surface area (Å²) in [5.41, 5.74) is 15.5. The average molecular weight is 1470 g/mol. The van der Waals surface area contributed by atoms with Gasteiger partial charge in [-0.25, -0.2) is 0 Å². The molecule has 12 aliphatic rings. The van der Waals surface area contributed by atoms with Gasteiger partial charge in [0.2, 0.25) is 0 Å². The van der Waals surface area contributed by atoms with Crippen molar-refractivity contribution in [2.45, 2.75) is 256 Å². The fourth-order valence-corrected chi connectivity index (χ4v) is 27.4. The van der Waals surface area contributed by atoms with Crippen molar-refractivity contribution < 1.29 is 38.0 Å². The zero-order valence-electron chi connectivity index (χ0n) is 67.7. The highest BCUT2D eigenvalue weighted by atomic mass is 16.5. The van der Waals surface area contributed by atoms with Crippen LogP contribution in [0.25, 0.3) is 0 Å². The maximum Gasteiger partial charge on any atom is 0.310 e. The van der Waals surface area contributed by atoms with Crippen LogP contribution >= 0.6 is 0 Å². The van der Waals surface area contributed by atoms with Crippen molar-refractivity contribution in [3.05, 3.63) is 95.1 Å². The van der Waals surface area contributed by atoms with E-state index in [1.165, 1.54) is 32.1 Å². The lowest BCUT2D eigenvalue weighted by molar-refractivity contribution is -0.253. The van der Waals surface area contributed by atoms with Gasteiger partial charge in [-0.15, -0.1) is 10.2 Å². The van der Waals surface area contributed by atoms with Crippen molar-refractivity contribution in [3.8, 4) is 0 Å². The summed E-state index contributed by atoms with van der Waals surface area (Å²) >= 11 is 0. The number of nitrogens with zero attached hydrogens (tertiary/aromatic N) is 9. The van der Waals surface area contributed by atoms with Crippen molar-refractivity contribution in [1.82, 2.24) is 45.3 Å². The number of rotatable bonds is 18. The van der Waals surface area contributed by atoms with Crippen LogP contribution < -0.4 is 11.5 Å². The molecule has 5 heterocycles. The first-order valence-corrected chi connectivity index (χ1v) is 42.0. The normalized spacial score (nSPS) is 42.0. The molecule has 3 unspecified atom stereocenters. The Morgan fingerprint density at radius 3 is 1.36 bits per heavy atom. The predicted octanol–water partition coefficient (Wildman–Crippen LogP) is 16.1. The van der Waals surface area contributed by atoms with Crippen LogP contribution in [0.3, 0.4) is 0 Å². The van der Waals surface area contributed by atoms with Crippen molar-refractivity contribution in [1.29, 1.82) is 0 Å². The highest BCUT2D eigenvalue weighted by Gasteiger charge is 2.75. The van der Waals surface area contributed by atoms with Crippen molar-refractivity contribution in [2.75, 3.05) is 64.7 Å². The molecule has 19 heteroatoms. The Morgan fingerprint density at radius 2 is 0.963 bits per heavy atom. The molecular weight excluding hydrogens is 1340 g/mol. The zero-order chi connectivity index (χ0) is 75.7. The SMILES string of the molecule is CC(C)[C@@H](C)[C@@]1(C)CC[C@]2(C)[C@H]3CC[C@@H]4C5(COC[C@]4(C)[C@@H](OCC4CCCC4)[C@H](n4nnc(N)n4)C5)C3=CC[C@@]2(C)[C@@H]1C(=O)OCc1ccccc1.CC(C)[C@@H](C)[C@@]1(C)CC[C@]2(C)[C@H]3CC[C@@H]4C5(COC[C@]4(C)[C@@H](OCC4CCCN4C)[C@H](n4nnc(N)n4)C5)C3=CC[C@@]2(C)[C@@H]1C(=O)OCc1ccccc1. The number of esters is 2. The number of allylic oxidation sites excluding steroid dienone is 2. The lowest BCUT2D eigenvalue weighted by Crippen LogP contribution is -2.69. The minimum absolute atomic E-state index is 0.0237. The Balaban J connectivity index is 0.000000171. The first kappa shape index (κ1) is 76.8. The zero-order valence-corrected chi connectivity index (χ0v) is 67.7. The first-order valence-electron chi connectivity index (χ1n) is 42.0. The molecule has 0 spiro atoms. The summed E-state index contributed by atoms with van der Waals surface area (Å²) in [5.74, 6) is 3.67. The molecule has 16 rings (SSSR count). The van der Waals surface area contributed by atoms with Crippen LogP contribution in [0.15, 0.2) is 84.0 Å². The van der Waals surface area contributed by atoms with E-state index in [2.05, 4.69) is 152 Å². The van der Waals surface area contributed by atoms with Gasteiger partial charge in [-0.05, 0) is 224 Å². The maximum atomic E-state index is 14.8. The van der Waals surface area contributed by atoms with Crippen LogP contribution in [0.5, 0.6) is 0 Å². The first-order chi connectivity index (χ1) is 50.9. The summed E-state index contributed by atoms with van der Waals surface area (Å²) in [4.78, 5) is 35.6. The molecule has 2 aromatic carbocycles. The van der Waals surface area contributed by atoms with Crippen LogP contribution in [0, 0.1) is 119 Å². The fraction of sp³-hybridized carbons (Fsp3) is 0.773. The van der Waals surface area contributed by atoms with Gasteiger partial charge in [0.05, 0.1) is 57.1 Å². The lowest BCUT2D eigenvalue weighted by Gasteiger charge is -2.71. The summed E-state index contributed by atoms with van der Waals surface area (Å²) in [6, 6.07) is 20.5. The third-order valence-electron chi connectivity index (χ3n) is 34.2. The molecule has 10 fully saturated rings. The summed E-state index contributed by atoms with van der Waals surface area (Å²) in [5, 5.41) is 26.7. The summed E-state index contributed by atoms with van der Waals surface area (Å²) in [7, 11) is 2.21. The minimum Gasteiger partial charge on any atom is -0.461 e. The Morgan fingerprint density at radius 1 is 0.533 bits per heavy atom. The van der Waals surface area contributed by atoms with Crippen LogP contribution in [-0.4, -0.2) is 129 Å². The Hall–Kier alpha value is -5.60. The highest BCUT2D eigenvalue weighted by Crippen LogP contribution is 2.78. The molecule has 3 saturated heterocycles. The van der Waals surface area contributed by atoms with E-state index >= 15 is 0 Å². The molecule has 4 bridgehead atoms. The third-order valence-corrected chi connectivity index (χ3v) is 34.2. The topological polar surface area (TPSA) is 232 Å². The van der Waals surface area contributed by atoms with Crippen LogP contribution in [0.1, 0.15) is 236 Å². The molecule has 23 atom stereocenters. The number of likely N-dealkylation sites (tertiary alicyclic amines) is 1. The second kappa shape index (κ2) is 28.6. The summed E-state index contributed by atoms with van der Waals surface area (Å²) < 4.78 is 40.5. The highest BCUT2D eigenvalue weighted by molar-refractivity contribution is 5.76. The number of benzene rings is 2. The maximum absolute atomic E-state index is 14.8. The van der Waals surface area contributed by atoms with E-state index in [0.29, 0.717) is 106 Å². The number of nitrogen functional groups attached to an aromatic ring is 2. The number of hydrogen-bond donors (Lipinski definition) is 2. The molecule has 0 radical (unpaired) electrons. The molecule has 7 saturated carbocycles. The lowest BCUT2D eigenvalue weighted by atomic mass is 9.34. The van der Waals surface area contributed by atoms with Gasteiger partial charge in [-0.1, -0.05) is 204 Å². The number of carbonyl (C=O) groups is 2. The van der Waals surface area contributed by atoms with E-state index < -0.39 is 0 Å². The van der Waals surface area contributed by atoms with E-state index in [4.69, 9.17) is 39.9 Å². The van der Waals surface area contributed by atoms with Crippen molar-refractivity contribution in [2.24, 2.45) is 119 Å². The molecule has 19 nitrogen and oxygen atoms in total. The van der Waals surface area contributed by atoms with Gasteiger partial charge in [-0.2, -0.15) is 9.59 Å². The van der Waals surface area contributed by atoms with Gasteiger partial charge < -0.3 is 44.8 Å². The summed E-state index contributed by atoms with van der Waals surface area (Å²) in [6.45, 7) is 39.5. The predicted molar refractivity (Wildman–Crippen MR) is 414 cm³/mol. The second-order valence-electron chi connectivity index (χ2n) is 39.6. The van der Waals surface area contributed by atoms with Gasteiger partial charge in [-0.3, -0.25) is 9.59 Å². The van der Waals surface area contributed by atoms with E-state index in [9.17, 15) is 9.59 Å². The summed E-state index contributed by atoms with van der Waals surface area (Å²) in [6.07, 6.45) is 24.5. The molecule has 9 aliphatic carbocycles. The third kappa shape index (κ3) is 12.3. The molecule has 4 N–H and O–H groups in total. The van der Waals surface area contributed by atoms with Crippen LogP contribution in [0.4, 0.5) is 11.9 Å². The molecule has 3 aliphatic heterocycles. The quantitative estimate of drug-likeness (QED) is 0.0696. The standard InChI is InChI=1S/C44H66N6O4.C44H65N5O4/c1-28(2)29(3)40(4)20-21-42(6)32-16-17-35-41(5)26-52-27-44(35,23-34(50-47-39(45)46-48-50)37(41)53-25-31-15-12-22-49(31)8)33(32)18-19-43(42,7)36(40)38(51)54-24-30-13-10-9-11-14-30;1-28(2)29(3)40(4)21-22-42(6)32-17-18-35-41(5)26-51-27-44(35,23-34(49-47-39(45)46-48-49)37(41)52-24-30-15-11-12-16-30)33(32)19-20-43(42,7)36(40)38(50)53-25-31-13-9-8-10-14-31/h9-11,13-14,18,28-29,31-32,34-37H,12,15-17,19-27H2,1-8H3,(H2,45,47);8-10,13-14,19,28-30,32,34-37H,11-12,15-18,20-27H2,1-7H3,(H2,45,47)/t29-,31?,32+,34-,35+,36-,37+,40-,41+,42-,43+,44?;29-,32+,34-,35+,36-,37+,40-,41+,42-,43+,44?/m11/s1. The number of anilines is 2. The Labute approximate surface area is 639 Å². The van der Waals surface area contributed by atoms with E-state index in [1.54, 1.807) is 20.7 Å². The van der Waals surface area contributed by atoms with E-state index in [0.717, 1.165) is 108 Å². The molecule has 2 aromatic heterocycles. The van der Waals surface area contributed by atoms with Crippen LogP contribution in [-0.2, 0) is 51.2 Å². The van der Waals surface area contributed by atoms with Gasteiger partial charge in [0.15, 0.2) is 0 Å². The van der Waals surface area contributed by atoms with E-state index in [1.807, 2.05) is 60.7 Å².